The van der Waals surface area contributed by atoms with Crippen LogP contribution < -0.4 is 0 Å². The number of hydrogen-bond donors (Lipinski definition) is 1. The minimum atomic E-state index is -0.920. The monoisotopic (exact) mass is 239 g/mol. The molecule has 0 aromatic heterocycles. The van der Waals surface area contributed by atoms with Crippen molar-refractivity contribution in [1.29, 1.82) is 0 Å². The molecule has 0 aliphatic rings. The van der Waals surface area contributed by atoms with Crippen LogP contribution in [0.15, 0.2) is 53.5 Å². The molecule has 2 aromatic rings. The summed E-state index contributed by atoms with van der Waals surface area (Å²) in [5.41, 5.74) is 2.93. The van der Waals surface area contributed by atoms with Crippen molar-refractivity contribution in [3.63, 3.8) is 0 Å². The zero-order valence-electron chi connectivity index (χ0n) is 10.00. The van der Waals surface area contributed by atoms with E-state index < -0.39 is 5.97 Å². The summed E-state index contributed by atoms with van der Waals surface area (Å²) < 4.78 is 0. The molecule has 0 aliphatic heterocycles. The van der Waals surface area contributed by atoms with E-state index in [2.05, 4.69) is 4.99 Å². The van der Waals surface area contributed by atoms with Gasteiger partial charge in [0.25, 0.3) is 0 Å². The lowest BCUT2D eigenvalue weighted by molar-refractivity contribution is 0.0697. The van der Waals surface area contributed by atoms with E-state index >= 15 is 0 Å². The Morgan fingerprint density at radius 1 is 1.17 bits per heavy atom. The minimum Gasteiger partial charge on any atom is -0.478 e. The Bertz CT molecular complexity index is 589. The Morgan fingerprint density at radius 2 is 1.89 bits per heavy atom. The summed E-state index contributed by atoms with van der Waals surface area (Å²) in [6.07, 6.45) is 1.77. The number of rotatable bonds is 3. The first-order valence-electron chi connectivity index (χ1n) is 5.60. The van der Waals surface area contributed by atoms with Crippen LogP contribution >= 0.6 is 0 Å². The van der Waals surface area contributed by atoms with Gasteiger partial charge in [-0.3, -0.25) is 4.99 Å². The Kier molecular flexibility index (Phi) is 3.53. The van der Waals surface area contributed by atoms with Gasteiger partial charge >= 0.3 is 5.97 Å². The van der Waals surface area contributed by atoms with E-state index in [1.54, 1.807) is 24.4 Å². The molecule has 0 bridgehead atoms. The highest BCUT2D eigenvalue weighted by molar-refractivity contribution is 5.89. The fraction of sp³-hybridized carbons (Fsp3) is 0.0667. The van der Waals surface area contributed by atoms with E-state index in [0.29, 0.717) is 0 Å². The number of aliphatic imine (C=N–C) groups is 1. The van der Waals surface area contributed by atoms with E-state index in [9.17, 15) is 4.79 Å². The molecule has 3 heteroatoms. The topological polar surface area (TPSA) is 49.7 Å². The van der Waals surface area contributed by atoms with Crippen LogP contribution in [0.1, 0.15) is 21.5 Å². The summed E-state index contributed by atoms with van der Waals surface area (Å²) in [6, 6.07) is 14.7. The lowest BCUT2D eigenvalue weighted by atomic mass is 10.1. The summed E-state index contributed by atoms with van der Waals surface area (Å²) in [6.45, 7) is 1.85. The maximum absolute atomic E-state index is 10.8. The van der Waals surface area contributed by atoms with Crippen LogP contribution in [0.5, 0.6) is 0 Å². The minimum absolute atomic E-state index is 0.283. The van der Waals surface area contributed by atoms with Crippen LogP contribution in [-0.4, -0.2) is 17.3 Å². The number of carboxylic acids is 1. The molecule has 0 unspecified atom stereocenters. The van der Waals surface area contributed by atoms with E-state index in [1.807, 2.05) is 37.3 Å². The number of aromatic carboxylic acids is 1. The van der Waals surface area contributed by atoms with E-state index in [4.69, 9.17) is 5.11 Å². The summed E-state index contributed by atoms with van der Waals surface area (Å²) in [5, 5.41) is 8.87. The van der Waals surface area contributed by atoms with Crippen molar-refractivity contribution < 1.29 is 9.90 Å². The molecule has 0 spiro atoms. The molecule has 2 aromatic carbocycles. The molecule has 0 saturated carbocycles. The standard InChI is InChI=1S/C15H13NO2/c1-11-9-13(15(17)18)7-8-14(11)16-10-12-5-3-2-4-6-12/h2-10H,1H3,(H,17,18). The zero-order chi connectivity index (χ0) is 13.0. The van der Waals surface area contributed by atoms with Crippen molar-refractivity contribution in [2.75, 3.05) is 0 Å². The summed E-state index contributed by atoms with van der Waals surface area (Å²) in [4.78, 5) is 15.2. The van der Waals surface area contributed by atoms with E-state index in [1.165, 1.54) is 0 Å². The van der Waals surface area contributed by atoms with Gasteiger partial charge in [-0.25, -0.2) is 4.79 Å². The van der Waals surface area contributed by atoms with Crippen LogP contribution in [0.25, 0.3) is 0 Å². The second-order valence-electron chi connectivity index (χ2n) is 3.98. The second-order valence-corrected chi connectivity index (χ2v) is 3.98. The van der Waals surface area contributed by atoms with Crippen LogP contribution in [0.3, 0.4) is 0 Å². The lowest BCUT2D eigenvalue weighted by Crippen LogP contribution is -1.95. The highest BCUT2D eigenvalue weighted by Crippen LogP contribution is 2.19. The molecular formula is C15H13NO2. The zero-order valence-corrected chi connectivity index (χ0v) is 10.00. The molecule has 0 aliphatic carbocycles. The molecule has 2 rings (SSSR count). The molecule has 0 atom stereocenters. The van der Waals surface area contributed by atoms with Crippen molar-refractivity contribution in [3.05, 3.63) is 65.2 Å². The molecule has 0 heterocycles. The quantitative estimate of drug-likeness (QED) is 0.834. The highest BCUT2D eigenvalue weighted by Gasteiger charge is 2.04. The molecule has 0 saturated heterocycles. The molecule has 1 N–H and O–H groups in total. The molecular weight excluding hydrogens is 226 g/mol. The normalized spacial score (nSPS) is 10.7. The fourth-order valence-electron chi connectivity index (χ4n) is 1.62. The summed E-state index contributed by atoms with van der Waals surface area (Å²) in [7, 11) is 0. The number of benzene rings is 2. The number of nitrogens with zero attached hydrogens (tertiary/aromatic N) is 1. The van der Waals surface area contributed by atoms with Crippen LogP contribution in [0.2, 0.25) is 0 Å². The summed E-state index contributed by atoms with van der Waals surface area (Å²) in [5.74, 6) is -0.920. The van der Waals surface area contributed by atoms with Crippen molar-refractivity contribution in [2.24, 2.45) is 4.99 Å². The third-order valence-corrected chi connectivity index (χ3v) is 2.60. The smallest absolute Gasteiger partial charge is 0.335 e. The first-order chi connectivity index (χ1) is 8.66. The van der Waals surface area contributed by atoms with Crippen molar-refractivity contribution in [1.82, 2.24) is 0 Å². The van der Waals surface area contributed by atoms with Crippen LogP contribution in [-0.2, 0) is 0 Å². The maximum atomic E-state index is 10.8. The van der Waals surface area contributed by atoms with Gasteiger partial charge in [0.15, 0.2) is 0 Å². The first kappa shape index (κ1) is 12.0. The van der Waals surface area contributed by atoms with Crippen molar-refractivity contribution >= 4 is 17.9 Å². The van der Waals surface area contributed by atoms with Gasteiger partial charge in [-0.05, 0) is 36.2 Å². The predicted molar refractivity (Wildman–Crippen MR) is 71.8 cm³/mol. The van der Waals surface area contributed by atoms with Gasteiger partial charge < -0.3 is 5.11 Å². The molecule has 3 nitrogen and oxygen atoms in total. The molecule has 0 fully saturated rings. The molecule has 18 heavy (non-hydrogen) atoms. The van der Waals surface area contributed by atoms with Gasteiger partial charge in [-0.1, -0.05) is 30.3 Å². The first-order valence-corrected chi connectivity index (χ1v) is 5.60. The molecule has 0 amide bonds. The Hall–Kier alpha value is -2.42. The molecule has 90 valence electrons. The largest absolute Gasteiger partial charge is 0.478 e. The van der Waals surface area contributed by atoms with Gasteiger partial charge in [-0.2, -0.15) is 0 Å². The van der Waals surface area contributed by atoms with Gasteiger partial charge in [0.05, 0.1) is 11.3 Å². The number of carboxylic acid groups (broad SMARTS) is 1. The fourth-order valence-corrected chi connectivity index (χ4v) is 1.62. The lowest BCUT2D eigenvalue weighted by Gasteiger charge is -2.01. The Balaban J connectivity index is 2.25. The van der Waals surface area contributed by atoms with Gasteiger partial charge in [-0.15, -0.1) is 0 Å². The van der Waals surface area contributed by atoms with E-state index in [0.717, 1.165) is 16.8 Å². The third kappa shape index (κ3) is 2.83. The number of aryl methyl sites for hydroxylation is 1. The Morgan fingerprint density at radius 3 is 2.50 bits per heavy atom. The van der Waals surface area contributed by atoms with E-state index in [-0.39, 0.29) is 5.56 Å². The highest BCUT2D eigenvalue weighted by atomic mass is 16.4. The Labute approximate surface area is 105 Å². The molecule has 0 radical (unpaired) electrons. The van der Waals surface area contributed by atoms with Crippen LogP contribution in [0, 0.1) is 6.92 Å². The van der Waals surface area contributed by atoms with Gasteiger partial charge in [0, 0.05) is 6.21 Å². The number of carbonyl (C=O) groups is 1. The van der Waals surface area contributed by atoms with Gasteiger partial charge in [0.2, 0.25) is 0 Å². The average Bonchev–Trinajstić information content (AvgIpc) is 2.38. The van der Waals surface area contributed by atoms with Crippen molar-refractivity contribution in [3.8, 4) is 0 Å². The van der Waals surface area contributed by atoms with Crippen molar-refractivity contribution in [2.45, 2.75) is 6.92 Å². The SMILES string of the molecule is Cc1cc(C(=O)O)ccc1N=Cc1ccccc1. The van der Waals surface area contributed by atoms with Gasteiger partial charge in [0.1, 0.15) is 0 Å². The maximum Gasteiger partial charge on any atom is 0.335 e. The predicted octanol–water partition coefficient (Wildman–Crippen LogP) is 3.44. The van der Waals surface area contributed by atoms with Crippen LogP contribution in [0.4, 0.5) is 5.69 Å². The average molecular weight is 239 g/mol. The second kappa shape index (κ2) is 5.27. The third-order valence-electron chi connectivity index (χ3n) is 2.60. The number of hydrogen-bond acceptors (Lipinski definition) is 2. The summed E-state index contributed by atoms with van der Waals surface area (Å²) >= 11 is 0.